The molecule has 0 saturated heterocycles. The van der Waals surface area contributed by atoms with Gasteiger partial charge in [0.2, 0.25) is 0 Å². The standard InChI is InChI=1S/C6H4N2O7S/c9-7(10)5-1-3-6(4-2-5)16(13,14)15-8(11)12/h1-4H. The number of nitrogens with zero attached hydrogens (tertiary/aromatic N) is 2. The Morgan fingerprint density at radius 3 is 1.94 bits per heavy atom. The lowest BCUT2D eigenvalue weighted by Crippen LogP contribution is -2.11. The fraction of sp³-hybridized carbons (Fsp3) is 0. The van der Waals surface area contributed by atoms with Gasteiger partial charge in [-0.2, -0.15) is 12.7 Å². The van der Waals surface area contributed by atoms with E-state index in [4.69, 9.17) is 0 Å². The van der Waals surface area contributed by atoms with Gasteiger partial charge in [-0.25, -0.2) is 0 Å². The van der Waals surface area contributed by atoms with Crippen LogP contribution in [0.15, 0.2) is 29.2 Å². The number of hydrogen-bond donors (Lipinski definition) is 0. The Balaban J connectivity index is 3.07. The Labute approximate surface area is 88.6 Å². The highest BCUT2D eigenvalue weighted by molar-refractivity contribution is 7.86. The highest BCUT2D eigenvalue weighted by atomic mass is 32.2. The van der Waals surface area contributed by atoms with Crippen molar-refractivity contribution in [1.29, 1.82) is 0 Å². The average Bonchev–Trinajstić information content (AvgIpc) is 2.16. The van der Waals surface area contributed by atoms with E-state index < -0.39 is 25.0 Å². The van der Waals surface area contributed by atoms with Crippen molar-refractivity contribution in [2.75, 3.05) is 0 Å². The molecule has 1 aromatic carbocycles. The zero-order valence-electron chi connectivity index (χ0n) is 7.47. The van der Waals surface area contributed by atoms with E-state index in [1.165, 1.54) is 0 Å². The highest BCUT2D eigenvalue weighted by Gasteiger charge is 2.20. The third-order valence-corrected chi connectivity index (χ3v) is 2.66. The topological polar surface area (TPSA) is 130 Å². The second-order valence-corrected chi connectivity index (χ2v) is 4.03. The van der Waals surface area contributed by atoms with Crippen molar-refractivity contribution in [3.05, 3.63) is 44.5 Å². The maximum Gasteiger partial charge on any atom is 0.334 e. The number of benzene rings is 1. The smallest absolute Gasteiger partial charge is 0.258 e. The second kappa shape index (κ2) is 4.10. The average molecular weight is 248 g/mol. The molecular weight excluding hydrogens is 244 g/mol. The van der Waals surface area contributed by atoms with Gasteiger partial charge in [-0.05, 0) is 12.1 Å². The van der Waals surface area contributed by atoms with Crippen LogP contribution in [-0.4, -0.2) is 18.4 Å². The first-order valence-electron chi connectivity index (χ1n) is 3.66. The maximum absolute atomic E-state index is 11.1. The van der Waals surface area contributed by atoms with Crippen LogP contribution in [-0.2, 0) is 14.4 Å². The Kier molecular flexibility index (Phi) is 3.04. The molecule has 0 aromatic heterocycles. The SMILES string of the molecule is O=[N+]([O-])OS(=O)(=O)c1ccc([N+](=O)[O-])cc1. The number of non-ortho nitro benzene ring substituents is 1. The first-order valence-corrected chi connectivity index (χ1v) is 5.07. The van der Waals surface area contributed by atoms with E-state index in [0.29, 0.717) is 0 Å². The summed E-state index contributed by atoms with van der Waals surface area (Å²) < 4.78 is 25.6. The molecule has 1 rings (SSSR count). The zero-order chi connectivity index (χ0) is 12.3. The highest BCUT2D eigenvalue weighted by Crippen LogP contribution is 2.17. The fourth-order valence-electron chi connectivity index (χ4n) is 0.858. The summed E-state index contributed by atoms with van der Waals surface area (Å²) in [6.45, 7) is 0. The Hall–Kier alpha value is -2.23. The number of hydrogen-bond acceptors (Lipinski definition) is 7. The van der Waals surface area contributed by atoms with Crippen molar-refractivity contribution >= 4 is 15.8 Å². The van der Waals surface area contributed by atoms with E-state index in [1.807, 2.05) is 0 Å². The summed E-state index contributed by atoms with van der Waals surface area (Å²) in [5.74, 6) is 0. The molecule has 0 N–H and O–H groups in total. The van der Waals surface area contributed by atoms with Crippen LogP contribution in [0.4, 0.5) is 5.69 Å². The summed E-state index contributed by atoms with van der Waals surface area (Å²) >= 11 is 0. The Bertz CT molecular complexity index is 520. The van der Waals surface area contributed by atoms with E-state index in [-0.39, 0.29) is 5.69 Å². The lowest BCUT2D eigenvalue weighted by molar-refractivity contribution is -0.711. The van der Waals surface area contributed by atoms with E-state index in [2.05, 4.69) is 4.28 Å². The van der Waals surface area contributed by atoms with Gasteiger partial charge in [0.15, 0.2) is 0 Å². The van der Waals surface area contributed by atoms with Gasteiger partial charge in [0, 0.05) is 12.1 Å². The van der Waals surface area contributed by atoms with Gasteiger partial charge in [0.05, 0.1) is 9.82 Å². The molecule has 0 unspecified atom stereocenters. The molecule has 0 aliphatic heterocycles. The van der Waals surface area contributed by atoms with Gasteiger partial charge in [0.25, 0.3) is 5.69 Å². The van der Waals surface area contributed by atoms with Crippen molar-refractivity contribution in [2.24, 2.45) is 0 Å². The summed E-state index contributed by atoms with van der Waals surface area (Å²) in [5.41, 5.74) is -0.333. The van der Waals surface area contributed by atoms with E-state index in [0.717, 1.165) is 24.3 Å². The normalized spacial score (nSPS) is 10.8. The number of rotatable bonds is 4. The molecule has 0 aliphatic rings. The molecule has 0 fully saturated rings. The molecule has 0 spiro atoms. The molecule has 1 aromatic rings. The molecule has 0 saturated carbocycles. The monoisotopic (exact) mass is 248 g/mol. The minimum Gasteiger partial charge on any atom is -0.258 e. The number of nitro benzene ring substituents is 1. The summed E-state index contributed by atoms with van der Waals surface area (Å²) in [6.07, 6.45) is 0. The van der Waals surface area contributed by atoms with Gasteiger partial charge < -0.3 is 0 Å². The van der Waals surface area contributed by atoms with Crippen LogP contribution in [0.25, 0.3) is 0 Å². The predicted octanol–water partition coefficient (Wildman–Crippen LogP) is 0.492. The molecule has 0 aliphatic carbocycles. The molecular formula is C6H4N2O7S. The minimum absolute atomic E-state index is 0.333. The van der Waals surface area contributed by atoms with Crippen LogP contribution >= 0.6 is 0 Å². The molecule has 0 atom stereocenters. The summed E-state index contributed by atoms with van der Waals surface area (Å²) in [6, 6.07) is 3.49. The Morgan fingerprint density at radius 2 is 1.56 bits per heavy atom. The largest absolute Gasteiger partial charge is 0.334 e. The molecule has 86 valence electrons. The maximum atomic E-state index is 11.1. The van der Waals surface area contributed by atoms with Crippen LogP contribution < -0.4 is 0 Å². The molecule has 0 bridgehead atoms. The molecule has 16 heavy (non-hydrogen) atoms. The van der Waals surface area contributed by atoms with Crippen LogP contribution in [0.3, 0.4) is 0 Å². The van der Waals surface area contributed by atoms with Gasteiger partial charge in [-0.15, -0.1) is 10.1 Å². The van der Waals surface area contributed by atoms with Crippen LogP contribution in [0.5, 0.6) is 0 Å². The van der Waals surface area contributed by atoms with Crippen molar-refractivity contribution in [2.45, 2.75) is 4.90 Å². The lowest BCUT2D eigenvalue weighted by Gasteiger charge is -1.99. The molecule has 0 amide bonds. The molecule has 0 radical (unpaired) electrons. The fourth-order valence-corrected chi connectivity index (χ4v) is 1.57. The predicted molar refractivity (Wildman–Crippen MR) is 48.4 cm³/mol. The van der Waals surface area contributed by atoms with Crippen LogP contribution in [0.1, 0.15) is 0 Å². The second-order valence-electron chi connectivity index (χ2n) is 2.50. The van der Waals surface area contributed by atoms with E-state index in [1.54, 1.807) is 0 Å². The molecule has 0 heterocycles. The number of nitro groups is 1. The lowest BCUT2D eigenvalue weighted by atomic mass is 10.3. The van der Waals surface area contributed by atoms with E-state index >= 15 is 0 Å². The van der Waals surface area contributed by atoms with Crippen LogP contribution in [0.2, 0.25) is 0 Å². The Morgan fingerprint density at radius 1 is 1.06 bits per heavy atom. The van der Waals surface area contributed by atoms with Crippen molar-refractivity contribution < 1.29 is 22.7 Å². The van der Waals surface area contributed by atoms with Gasteiger partial charge >= 0.3 is 15.2 Å². The van der Waals surface area contributed by atoms with Crippen molar-refractivity contribution in [3.63, 3.8) is 0 Å². The molecule has 9 nitrogen and oxygen atoms in total. The van der Waals surface area contributed by atoms with Gasteiger partial charge in [0.1, 0.15) is 0 Å². The van der Waals surface area contributed by atoms with Gasteiger partial charge in [-0.1, -0.05) is 0 Å². The summed E-state index contributed by atoms with van der Waals surface area (Å²) in [5, 5.41) is 18.6. The van der Waals surface area contributed by atoms with E-state index in [9.17, 15) is 28.6 Å². The molecule has 10 heteroatoms. The third-order valence-electron chi connectivity index (χ3n) is 1.50. The zero-order valence-corrected chi connectivity index (χ0v) is 8.29. The first-order chi connectivity index (χ1) is 7.33. The minimum atomic E-state index is -4.52. The summed E-state index contributed by atoms with van der Waals surface area (Å²) in [4.78, 5) is 18.9. The van der Waals surface area contributed by atoms with Crippen molar-refractivity contribution in [1.82, 2.24) is 0 Å². The quantitative estimate of drug-likeness (QED) is 0.559. The first kappa shape index (κ1) is 11.8. The van der Waals surface area contributed by atoms with Crippen molar-refractivity contribution in [3.8, 4) is 0 Å². The third kappa shape index (κ3) is 2.63. The van der Waals surface area contributed by atoms with Gasteiger partial charge in [-0.3, -0.25) is 10.1 Å². The summed E-state index contributed by atoms with van der Waals surface area (Å²) in [7, 11) is -4.52. The van der Waals surface area contributed by atoms with Crippen LogP contribution in [0, 0.1) is 20.2 Å².